The molecule has 0 aromatic heterocycles. The molecule has 5 heteroatoms. The maximum Gasteiger partial charge on any atom is 0.237 e. The van der Waals surface area contributed by atoms with E-state index < -0.39 is 11.6 Å². The van der Waals surface area contributed by atoms with Gasteiger partial charge in [-0.15, -0.1) is 0 Å². The molecule has 1 amide bonds. The fraction of sp³-hybridized carbons (Fsp3) is 0.875. The average Bonchev–Trinajstić information content (AvgIpc) is 3.12. The van der Waals surface area contributed by atoms with Crippen LogP contribution in [0, 0.1) is 11.8 Å². The Hall–Kier alpha value is -0.940. The minimum Gasteiger partial charge on any atom is -0.361 e. The van der Waals surface area contributed by atoms with Crippen LogP contribution in [0.4, 0.5) is 0 Å². The molecule has 0 spiro atoms. The molecule has 0 radical (unpaired) electrons. The van der Waals surface area contributed by atoms with Crippen molar-refractivity contribution in [1.29, 1.82) is 0 Å². The first-order chi connectivity index (χ1) is 9.71. The molecule has 1 rings (SSSR count). The Bertz CT molecular complexity index is 386. The summed E-state index contributed by atoms with van der Waals surface area (Å²) in [5, 5.41) is 6.11. The monoisotopic (exact) mass is 302 g/mol. The molecule has 2 N–H and O–H groups in total. The molecule has 126 valence electrons. The van der Waals surface area contributed by atoms with E-state index in [0.29, 0.717) is 18.9 Å². The summed E-state index contributed by atoms with van der Waals surface area (Å²) in [4.78, 5) is 24.9. The van der Waals surface area contributed by atoms with E-state index in [-0.39, 0.29) is 26.5 Å². The highest BCUT2D eigenvalue weighted by Gasteiger charge is 2.50. The molecular weight excluding hydrogens is 268 g/mol. The lowest BCUT2D eigenvalue weighted by Gasteiger charge is -2.26. The van der Waals surface area contributed by atoms with Gasteiger partial charge in [0.1, 0.15) is 5.60 Å². The Morgan fingerprint density at radius 3 is 2.24 bits per heavy atom. The minimum atomic E-state index is -0.696. The lowest BCUT2D eigenvalue weighted by Crippen LogP contribution is -2.54. The fourth-order valence-electron chi connectivity index (χ4n) is 2.43. The molecule has 0 saturated carbocycles. The van der Waals surface area contributed by atoms with Crippen molar-refractivity contribution >= 4 is 11.7 Å². The van der Waals surface area contributed by atoms with Gasteiger partial charge in [0.15, 0.2) is 5.78 Å². The van der Waals surface area contributed by atoms with Crippen LogP contribution in [0.3, 0.4) is 0 Å². The van der Waals surface area contributed by atoms with Crippen LogP contribution >= 0.6 is 0 Å². The van der Waals surface area contributed by atoms with Crippen LogP contribution in [-0.2, 0) is 14.3 Å². The zero-order valence-corrected chi connectivity index (χ0v) is 14.2. The van der Waals surface area contributed by atoms with Gasteiger partial charge in [-0.05, 0) is 31.7 Å². The molecule has 1 aliphatic heterocycles. The molecule has 1 saturated heterocycles. The van der Waals surface area contributed by atoms with Crippen molar-refractivity contribution in [1.82, 2.24) is 10.6 Å². The summed E-state index contributed by atoms with van der Waals surface area (Å²) >= 11 is 0. The van der Waals surface area contributed by atoms with Crippen LogP contribution in [0.1, 0.15) is 50.8 Å². The van der Waals surface area contributed by atoms with Crippen molar-refractivity contribution in [3.05, 3.63) is 0 Å². The number of likely N-dealkylation sites (N-methyl/N-ethyl adjacent to an activating group) is 1. The number of hydrogen-bond donors (Lipinski definition) is 2. The summed E-state index contributed by atoms with van der Waals surface area (Å²) in [6.45, 7) is 13.0. The highest BCUT2D eigenvalue weighted by molar-refractivity contribution is 5.97. The zero-order valence-electron chi connectivity index (χ0n) is 14.2. The maximum atomic E-state index is 12.5. The number of ketones is 1. The number of nitrogens with one attached hydrogen (secondary N) is 2. The number of Topliss-reactive ketones (excluding diaryl/α,β-unsaturated/α-hetero) is 1. The quantitative estimate of drug-likeness (QED) is 0.639. The number of amides is 1. The molecule has 3 atom stereocenters. The third-order valence-corrected chi connectivity index (χ3v) is 3.81. The molecule has 1 fully saturated rings. The average molecular weight is 302 g/mol. The maximum absolute atomic E-state index is 12.5. The summed E-state index contributed by atoms with van der Waals surface area (Å²) in [5.41, 5.74) is -0.696. The first-order valence-electron chi connectivity index (χ1n) is 7.93. The molecule has 21 heavy (non-hydrogen) atoms. The Labute approximate surface area is 131 Å². The van der Waals surface area contributed by atoms with Crippen molar-refractivity contribution < 1.29 is 17.2 Å². The van der Waals surface area contributed by atoms with Crippen LogP contribution < -0.4 is 10.6 Å². The number of hydrogen-bond acceptors (Lipinski definition) is 4. The van der Waals surface area contributed by atoms with Crippen LogP contribution in [0.2, 0.25) is 0 Å². The van der Waals surface area contributed by atoms with Crippen molar-refractivity contribution in [2.45, 2.75) is 65.6 Å². The smallest absolute Gasteiger partial charge is 0.237 e. The van der Waals surface area contributed by atoms with E-state index >= 15 is 0 Å². The molecule has 5 nitrogen and oxygen atoms in total. The van der Waals surface area contributed by atoms with Crippen molar-refractivity contribution in [2.75, 3.05) is 13.2 Å². The predicted molar refractivity (Wildman–Crippen MR) is 87.3 cm³/mol. The zero-order chi connectivity index (χ0) is 16.2. The first kappa shape index (κ1) is 18.1. The number of rotatable bonds is 9. The van der Waals surface area contributed by atoms with Gasteiger partial charge >= 0.3 is 0 Å². The first-order valence-corrected chi connectivity index (χ1v) is 7.93. The molecule has 1 aliphatic rings. The number of ether oxygens (including phenoxy) is 1. The van der Waals surface area contributed by atoms with Crippen LogP contribution in [0.15, 0.2) is 0 Å². The lowest BCUT2D eigenvalue weighted by atomic mass is 9.92. The van der Waals surface area contributed by atoms with Crippen molar-refractivity contribution in [3.8, 4) is 0 Å². The minimum absolute atomic E-state index is 0. The summed E-state index contributed by atoms with van der Waals surface area (Å²) in [6.07, 6.45) is 0.639. The van der Waals surface area contributed by atoms with Crippen LogP contribution in [0.5, 0.6) is 0 Å². The number of carbonyl (C=O) groups excluding carboxylic acids is 2. The second kappa shape index (κ2) is 7.36. The standard InChI is InChI=1S/C16H30N2O3.2H2/c1-7-17-13(11(4)5)15(20)18-12(8-10(2)3)14(19)16(6)9-21-16;;/h10-13,17H,7-9H2,1-6H3,(H,18,20);2*1H/t12-,13-,16+;;/m0../s1. The Morgan fingerprint density at radius 1 is 1.29 bits per heavy atom. The van der Waals surface area contributed by atoms with E-state index in [1.807, 2.05) is 34.6 Å². The summed E-state index contributed by atoms with van der Waals surface area (Å²) in [7, 11) is 0. The van der Waals surface area contributed by atoms with Gasteiger partial charge in [0.05, 0.1) is 18.7 Å². The third kappa shape index (κ3) is 5.08. The van der Waals surface area contributed by atoms with Gasteiger partial charge in [0.2, 0.25) is 5.91 Å². The predicted octanol–water partition coefficient (Wildman–Crippen LogP) is 2.00. The third-order valence-electron chi connectivity index (χ3n) is 3.81. The molecule has 0 aliphatic carbocycles. The molecular formula is C16H34N2O3. The largest absolute Gasteiger partial charge is 0.361 e. The van der Waals surface area contributed by atoms with Crippen LogP contribution in [-0.4, -0.2) is 42.5 Å². The van der Waals surface area contributed by atoms with E-state index in [9.17, 15) is 9.59 Å². The number of epoxide rings is 1. The van der Waals surface area contributed by atoms with Gasteiger partial charge in [-0.1, -0.05) is 34.6 Å². The normalized spacial score (nSPS) is 24.0. The van der Waals surface area contributed by atoms with Gasteiger partial charge in [-0.3, -0.25) is 9.59 Å². The number of carbonyl (C=O) groups is 2. The SMILES string of the molecule is CCN[C@H](C(=O)N[C@@H](CC(C)C)C(=O)[C@@]1(C)CO1)C(C)C.[HH].[HH]. The molecule has 0 aromatic rings. The van der Waals surface area contributed by atoms with Crippen molar-refractivity contribution in [3.63, 3.8) is 0 Å². The van der Waals surface area contributed by atoms with Gasteiger partial charge in [0.25, 0.3) is 0 Å². The van der Waals surface area contributed by atoms with E-state index in [1.54, 1.807) is 6.92 Å². The fourth-order valence-corrected chi connectivity index (χ4v) is 2.43. The second-order valence-corrected chi connectivity index (χ2v) is 6.85. The van der Waals surface area contributed by atoms with E-state index in [4.69, 9.17) is 4.74 Å². The summed E-state index contributed by atoms with van der Waals surface area (Å²) < 4.78 is 5.24. The summed E-state index contributed by atoms with van der Waals surface area (Å²) in [5.74, 6) is 0.393. The van der Waals surface area contributed by atoms with Gasteiger partial charge in [0, 0.05) is 2.85 Å². The highest BCUT2D eigenvalue weighted by Crippen LogP contribution is 2.29. The Kier molecular flexibility index (Phi) is 6.35. The molecule has 0 aromatic carbocycles. The van der Waals surface area contributed by atoms with Crippen LogP contribution in [0.25, 0.3) is 0 Å². The lowest BCUT2D eigenvalue weighted by molar-refractivity contribution is -0.132. The van der Waals surface area contributed by atoms with Crippen molar-refractivity contribution in [2.24, 2.45) is 11.8 Å². The van der Waals surface area contributed by atoms with Gasteiger partial charge < -0.3 is 15.4 Å². The van der Waals surface area contributed by atoms with E-state index in [0.717, 1.165) is 6.54 Å². The van der Waals surface area contributed by atoms with E-state index in [2.05, 4.69) is 10.6 Å². The molecule has 0 unspecified atom stereocenters. The molecule has 1 heterocycles. The highest BCUT2D eigenvalue weighted by atomic mass is 16.6. The summed E-state index contributed by atoms with van der Waals surface area (Å²) in [6, 6.07) is -0.740. The van der Waals surface area contributed by atoms with Gasteiger partial charge in [-0.2, -0.15) is 0 Å². The topological polar surface area (TPSA) is 70.7 Å². The molecule has 0 bridgehead atoms. The Balaban J connectivity index is 0. The Morgan fingerprint density at radius 2 is 1.86 bits per heavy atom. The second-order valence-electron chi connectivity index (χ2n) is 6.85. The van der Waals surface area contributed by atoms with Gasteiger partial charge in [-0.25, -0.2) is 0 Å². The van der Waals surface area contributed by atoms with E-state index in [1.165, 1.54) is 0 Å².